The lowest BCUT2D eigenvalue weighted by Crippen LogP contribution is -2.40. The van der Waals surface area contributed by atoms with Crippen LogP contribution in [0.3, 0.4) is 0 Å². The number of carbonyl (C=O) groups excluding carboxylic acids is 1. The summed E-state index contributed by atoms with van der Waals surface area (Å²) in [5.74, 6) is -3.63. The number of aliphatic imine (C=N–C) groups is 1. The molecule has 2 unspecified atom stereocenters. The minimum Gasteiger partial charge on any atom is -0.479 e. The minimum atomic E-state index is -4.48. The van der Waals surface area contributed by atoms with Gasteiger partial charge in [-0.3, -0.25) is 18.9 Å². The number of rotatable bonds is 13. The van der Waals surface area contributed by atoms with Gasteiger partial charge in [-0.1, -0.05) is 44.2 Å². The highest BCUT2D eigenvalue weighted by Crippen LogP contribution is 2.50. The SMILES string of the molecule is CC(C)C(NC(=O)CCc1ccccc1)P(=O)(O)O[C@H](CCCN=C(N)N)C(=O)O. The quantitative estimate of drug-likeness (QED) is 0.132. The molecular formula is C19H31N4O6P. The predicted molar refractivity (Wildman–Crippen MR) is 114 cm³/mol. The summed E-state index contributed by atoms with van der Waals surface area (Å²) < 4.78 is 17.9. The number of guanidine groups is 1. The molecule has 11 heteroatoms. The second kappa shape index (κ2) is 12.3. The van der Waals surface area contributed by atoms with Gasteiger partial charge in [0, 0.05) is 13.0 Å². The molecule has 1 rings (SSSR count). The van der Waals surface area contributed by atoms with Gasteiger partial charge in [0.2, 0.25) is 5.91 Å². The molecule has 0 radical (unpaired) electrons. The third-order valence-corrected chi connectivity index (χ3v) is 6.23. The van der Waals surface area contributed by atoms with Gasteiger partial charge in [-0.05, 0) is 30.7 Å². The van der Waals surface area contributed by atoms with Gasteiger partial charge in [-0.2, -0.15) is 0 Å². The topological polar surface area (TPSA) is 177 Å². The maximum absolute atomic E-state index is 12.8. The Hall–Kier alpha value is -2.42. The average molecular weight is 442 g/mol. The van der Waals surface area contributed by atoms with Gasteiger partial charge in [0.1, 0.15) is 5.78 Å². The van der Waals surface area contributed by atoms with Crippen molar-refractivity contribution in [3.63, 3.8) is 0 Å². The summed E-state index contributed by atoms with van der Waals surface area (Å²) in [6.07, 6.45) is -0.767. The third-order valence-electron chi connectivity index (χ3n) is 4.25. The molecule has 0 aliphatic carbocycles. The Morgan fingerprint density at radius 3 is 2.40 bits per heavy atom. The molecule has 0 aromatic heterocycles. The molecule has 1 amide bonds. The fourth-order valence-corrected chi connectivity index (χ4v) is 4.47. The van der Waals surface area contributed by atoms with E-state index in [1.165, 1.54) is 0 Å². The Morgan fingerprint density at radius 1 is 1.23 bits per heavy atom. The first-order valence-corrected chi connectivity index (χ1v) is 11.3. The van der Waals surface area contributed by atoms with Crippen molar-refractivity contribution in [3.8, 4) is 0 Å². The van der Waals surface area contributed by atoms with Crippen molar-refractivity contribution >= 4 is 25.4 Å². The number of carboxylic acids is 1. The molecule has 3 atom stereocenters. The van der Waals surface area contributed by atoms with Crippen LogP contribution in [0.25, 0.3) is 0 Å². The van der Waals surface area contributed by atoms with Crippen LogP contribution in [-0.2, 0) is 25.1 Å². The lowest BCUT2D eigenvalue weighted by molar-refractivity contribution is -0.145. The monoisotopic (exact) mass is 442 g/mol. The highest BCUT2D eigenvalue weighted by molar-refractivity contribution is 7.53. The summed E-state index contributed by atoms with van der Waals surface area (Å²) in [6.45, 7) is 3.45. The molecule has 0 aliphatic rings. The number of aryl methyl sites for hydroxylation is 1. The fourth-order valence-electron chi connectivity index (χ4n) is 2.72. The van der Waals surface area contributed by atoms with Crippen LogP contribution in [0.4, 0.5) is 0 Å². The van der Waals surface area contributed by atoms with E-state index in [2.05, 4.69) is 10.3 Å². The van der Waals surface area contributed by atoms with E-state index in [1.807, 2.05) is 30.3 Å². The van der Waals surface area contributed by atoms with Crippen molar-refractivity contribution in [3.05, 3.63) is 35.9 Å². The zero-order valence-corrected chi connectivity index (χ0v) is 18.1. The van der Waals surface area contributed by atoms with E-state index in [4.69, 9.17) is 16.0 Å². The number of nitrogens with one attached hydrogen (secondary N) is 1. The fraction of sp³-hybridized carbons (Fsp3) is 0.526. The van der Waals surface area contributed by atoms with Gasteiger partial charge in [0.15, 0.2) is 12.1 Å². The molecule has 168 valence electrons. The standard InChI is InChI=1S/C19H31N4O6P/c1-13(2)17(23-16(24)11-10-14-7-4-3-5-8-14)30(27,28)29-15(18(25)26)9-6-12-22-19(20)21/h3-5,7-8,13,15,17H,6,9-12H2,1-2H3,(H,23,24)(H,25,26)(H,27,28)(H4,20,21,22)/t15-,17?/m1/s1. The van der Waals surface area contributed by atoms with Crippen LogP contribution in [0.2, 0.25) is 0 Å². The van der Waals surface area contributed by atoms with Crippen LogP contribution in [-0.4, -0.2) is 46.3 Å². The van der Waals surface area contributed by atoms with Crippen LogP contribution in [0.1, 0.15) is 38.7 Å². The molecule has 10 nitrogen and oxygen atoms in total. The van der Waals surface area contributed by atoms with Crippen molar-refractivity contribution < 1.29 is 28.7 Å². The minimum absolute atomic E-state index is 0.0660. The number of nitrogens with two attached hydrogens (primary N) is 2. The largest absolute Gasteiger partial charge is 0.479 e. The van der Waals surface area contributed by atoms with Crippen LogP contribution >= 0.6 is 7.60 Å². The number of carboxylic acid groups (broad SMARTS) is 1. The number of hydrogen-bond acceptors (Lipinski definition) is 5. The first-order chi connectivity index (χ1) is 14.0. The predicted octanol–water partition coefficient (Wildman–Crippen LogP) is 1.43. The Balaban J connectivity index is 2.73. The van der Waals surface area contributed by atoms with Crippen molar-refractivity contribution in [1.29, 1.82) is 0 Å². The first kappa shape index (κ1) is 25.6. The van der Waals surface area contributed by atoms with E-state index in [1.54, 1.807) is 13.8 Å². The molecule has 0 aliphatic heterocycles. The molecule has 0 fully saturated rings. The summed E-state index contributed by atoms with van der Waals surface area (Å²) in [5.41, 5.74) is 11.4. The molecule has 0 bridgehead atoms. The van der Waals surface area contributed by atoms with Gasteiger partial charge in [0.05, 0.1) is 0 Å². The van der Waals surface area contributed by atoms with Crippen molar-refractivity contribution in [1.82, 2.24) is 5.32 Å². The van der Waals surface area contributed by atoms with Crippen molar-refractivity contribution in [2.24, 2.45) is 22.4 Å². The lowest BCUT2D eigenvalue weighted by atomic mass is 10.1. The summed E-state index contributed by atoms with van der Waals surface area (Å²) in [6, 6.07) is 9.35. The molecule has 0 saturated carbocycles. The molecule has 1 aromatic carbocycles. The zero-order chi connectivity index (χ0) is 22.7. The van der Waals surface area contributed by atoms with E-state index in [0.717, 1.165) is 5.56 Å². The van der Waals surface area contributed by atoms with Crippen molar-refractivity contribution in [2.45, 2.75) is 51.4 Å². The number of aliphatic carboxylic acids is 1. The molecule has 0 saturated heterocycles. The maximum Gasteiger partial charge on any atom is 0.351 e. The van der Waals surface area contributed by atoms with E-state index in [-0.39, 0.29) is 31.8 Å². The first-order valence-electron chi connectivity index (χ1n) is 9.65. The van der Waals surface area contributed by atoms with Crippen LogP contribution in [0.15, 0.2) is 35.3 Å². The third kappa shape index (κ3) is 9.39. The lowest BCUT2D eigenvalue weighted by Gasteiger charge is -2.28. The summed E-state index contributed by atoms with van der Waals surface area (Å²) in [5, 5.41) is 11.9. The molecule has 1 aromatic rings. The second-order valence-corrected chi connectivity index (χ2v) is 9.08. The summed E-state index contributed by atoms with van der Waals surface area (Å²) in [7, 11) is -4.48. The average Bonchev–Trinajstić information content (AvgIpc) is 2.66. The molecule has 30 heavy (non-hydrogen) atoms. The number of carbonyl (C=O) groups is 2. The Kier molecular flexibility index (Phi) is 10.5. The smallest absolute Gasteiger partial charge is 0.351 e. The molecule has 0 heterocycles. The number of benzene rings is 1. The molecular weight excluding hydrogens is 411 g/mol. The van der Waals surface area contributed by atoms with Gasteiger partial charge in [-0.25, -0.2) is 4.79 Å². The molecule has 0 spiro atoms. The zero-order valence-electron chi connectivity index (χ0n) is 17.2. The van der Waals surface area contributed by atoms with E-state index in [0.29, 0.717) is 6.42 Å². The van der Waals surface area contributed by atoms with Gasteiger partial charge < -0.3 is 26.8 Å². The number of amides is 1. The summed E-state index contributed by atoms with van der Waals surface area (Å²) in [4.78, 5) is 37.9. The Labute approximate surface area is 176 Å². The highest BCUT2D eigenvalue weighted by atomic mass is 31.2. The van der Waals surface area contributed by atoms with Gasteiger partial charge >= 0.3 is 13.6 Å². The Morgan fingerprint density at radius 2 is 1.87 bits per heavy atom. The van der Waals surface area contributed by atoms with Crippen LogP contribution in [0.5, 0.6) is 0 Å². The second-order valence-electron chi connectivity index (χ2n) is 7.19. The van der Waals surface area contributed by atoms with Crippen LogP contribution in [0, 0.1) is 5.92 Å². The normalized spacial score (nSPS) is 15.1. The van der Waals surface area contributed by atoms with E-state index >= 15 is 0 Å². The van der Waals surface area contributed by atoms with Crippen molar-refractivity contribution in [2.75, 3.05) is 6.54 Å². The number of nitrogens with zero attached hydrogens (tertiary/aromatic N) is 1. The van der Waals surface area contributed by atoms with Gasteiger partial charge in [-0.15, -0.1) is 0 Å². The summed E-state index contributed by atoms with van der Waals surface area (Å²) >= 11 is 0. The maximum atomic E-state index is 12.8. The highest BCUT2D eigenvalue weighted by Gasteiger charge is 2.40. The molecule has 7 N–H and O–H groups in total. The van der Waals surface area contributed by atoms with Gasteiger partial charge in [0.25, 0.3) is 0 Å². The Bertz CT molecular complexity index is 768. The van der Waals surface area contributed by atoms with Crippen LogP contribution < -0.4 is 16.8 Å². The van der Waals surface area contributed by atoms with E-state index in [9.17, 15) is 24.2 Å². The van der Waals surface area contributed by atoms with E-state index < -0.39 is 37.3 Å². The number of hydrogen-bond donors (Lipinski definition) is 5.